The van der Waals surface area contributed by atoms with Gasteiger partial charge in [-0.1, -0.05) is 11.6 Å². The molecule has 23 heavy (non-hydrogen) atoms. The van der Waals surface area contributed by atoms with Crippen LogP contribution in [0.2, 0.25) is 0 Å². The fourth-order valence-electron chi connectivity index (χ4n) is 3.66. The van der Waals surface area contributed by atoms with E-state index in [1.54, 1.807) is 11.6 Å². The van der Waals surface area contributed by atoms with Gasteiger partial charge in [0.1, 0.15) is 5.82 Å². The average Bonchev–Trinajstić information content (AvgIpc) is 2.73. The number of amides is 1. The monoisotopic (exact) mass is 318 g/mol. The molecule has 1 amide bonds. The third kappa shape index (κ3) is 3.41. The van der Waals surface area contributed by atoms with Crippen LogP contribution in [0.5, 0.6) is 0 Å². The number of carbonyl (C=O) groups excluding carboxylic acids is 1. The van der Waals surface area contributed by atoms with Gasteiger partial charge in [-0.25, -0.2) is 9.48 Å². The Morgan fingerprint density at radius 2 is 2.17 bits per heavy atom. The number of nitrogens with zero attached hydrogens (tertiary/aromatic N) is 4. The second-order valence-corrected chi connectivity index (χ2v) is 6.74. The van der Waals surface area contributed by atoms with Crippen LogP contribution in [0.15, 0.2) is 16.4 Å². The van der Waals surface area contributed by atoms with E-state index in [9.17, 15) is 9.59 Å². The van der Waals surface area contributed by atoms with E-state index < -0.39 is 0 Å². The van der Waals surface area contributed by atoms with E-state index in [1.807, 2.05) is 11.9 Å². The quantitative estimate of drug-likeness (QED) is 0.796. The summed E-state index contributed by atoms with van der Waals surface area (Å²) >= 11 is 0. The molecule has 1 aliphatic heterocycles. The van der Waals surface area contributed by atoms with E-state index >= 15 is 0 Å². The van der Waals surface area contributed by atoms with E-state index in [0.717, 1.165) is 37.9 Å². The predicted molar refractivity (Wildman–Crippen MR) is 88.1 cm³/mol. The van der Waals surface area contributed by atoms with Crippen LogP contribution in [0, 0.1) is 0 Å². The molecule has 6 heteroatoms. The number of aromatic nitrogens is 3. The molecule has 0 aromatic carbocycles. The molecule has 0 saturated heterocycles. The lowest BCUT2D eigenvalue weighted by molar-refractivity contribution is -0.131. The first-order chi connectivity index (χ1) is 11.1. The Bertz CT molecular complexity index is 671. The summed E-state index contributed by atoms with van der Waals surface area (Å²) in [6, 6.07) is 0.193. The van der Waals surface area contributed by atoms with Crippen LogP contribution >= 0.6 is 0 Å². The number of rotatable bonds is 3. The van der Waals surface area contributed by atoms with Gasteiger partial charge in [-0.3, -0.25) is 9.36 Å². The van der Waals surface area contributed by atoms with Gasteiger partial charge in [0.2, 0.25) is 5.91 Å². The minimum atomic E-state index is -0.0537. The van der Waals surface area contributed by atoms with Crippen molar-refractivity contribution in [3.63, 3.8) is 0 Å². The molecule has 0 fully saturated rings. The summed E-state index contributed by atoms with van der Waals surface area (Å²) in [5.74, 6) is 1.05. The molecule has 6 nitrogen and oxygen atoms in total. The van der Waals surface area contributed by atoms with Crippen LogP contribution in [0.3, 0.4) is 0 Å². The van der Waals surface area contributed by atoms with E-state index in [-0.39, 0.29) is 17.6 Å². The smallest absolute Gasteiger partial charge is 0.342 e. The van der Waals surface area contributed by atoms with Crippen molar-refractivity contribution in [2.24, 2.45) is 7.05 Å². The number of hydrogen-bond acceptors (Lipinski definition) is 3. The van der Waals surface area contributed by atoms with Crippen molar-refractivity contribution in [1.29, 1.82) is 0 Å². The van der Waals surface area contributed by atoms with Crippen molar-refractivity contribution in [1.82, 2.24) is 19.2 Å². The Morgan fingerprint density at radius 3 is 2.91 bits per heavy atom. The minimum absolute atomic E-state index is 0.0537. The van der Waals surface area contributed by atoms with Gasteiger partial charge in [0, 0.05) is 39.5 Å². The maximum absolute atomic E-state index is 12.6. The molecule has 0 radical (unpaired) electrons. The van der Waals surface area contributed by atoms with Crippen LogP contribution < -0.4 is 5.69 Å². The second kappa shape index (κ2) is 6.72. The number of allylic oxidation sites excluding steroid dienone is 1. The third-order valence-electron chi connectivity index (χ3n) is 5.18. The summed E-state index contributed by atoms with van der Waals surface area (Å²) < 4.78 is 3.15. The maximum atomic E-state index is 12.6. The van der Waals surface area contributed by atoms with Gasteiger partial charge in [0.15, 0.2) is 0 Å². The summed E-state index contributed by atoms with van der Waals surface area (Å²) in [4.78, 5) is 26.5. The highest BCUT2D eigenvalue weighted by Crippen LogP contribution is 2.22. The molecular formula is C17H26N4O2. The van der Waals surface area contributed by atoms with Gasteiger partial charge < -0.3 is 4.90 Å². The Balaban J connectivity index is 1.62. The fourth-order valence-corrected chi connectivity index (χ4v) is 3.66. The van der Waals surface area contributed by atoms with Crippen LogP contribution in [0.1, 0.15) is 50.8 Å². The Hall–Kier alpha value is -1.85. The van der Waals surface area contributed by atoms with E-state index in [1.165, 1.54) is 23.1 Å². The molecule has 2 heterocycles. The zero-order valence-electron chi connectivity index (χ0n) is 14.1. The van der Waals surface area contributed by atoms with Gasteiger partial charge >= 0.3 is 5.69 Å². The summed E-state index contributed by atoms with van der Waals surface area (Å²) in [7, 11) is 3.59. The van der Waals surface area contributed by atoms with Crippen molar-refractivity contribution >= 4 is 5.91 Å². The maximum Gasteiger partial charge on any atom is 0.345 e. The molecule has 2 aliphatic rings. The third-order valence-corrected chi connectivity index (χ3v) is 5.18. The summed E-state index contributed by atoms with van der Waals surface area (Å²) in [5, 5.41) is 4.30. The number of carbonyl (C=O) groups is 1. The van der Waals surface area contributed by atoms with Crippen molar-refractivity contribution in [2.75, 3.05) is 7.05 Å². The lowest BCUT2D eigenvalue weighted by Gasteiger charge is -2.28. The normalized spacial score (nSPS) is 21.3. The Morgan fingerprint density at radius 1 is 1.35 bits per heavy atom. The lowest BCUT2D eigenvalue weighted by atomic mass is 9.96. The SMILES string of the molecule is CN(C(=O)CC1=CCCCC1)C1CCc2nn(C)c(=O)n2CC1. The number of hydrogen-bond donors (Lipinski definition) is 0. The zero-order valence-corrected chi connectivity index (χ0v) is 14.1. The lowest BCUT2D eigenvalue weighted by Crippen LogP contribution is -2.38. The van der Waals surface area contributed by atoms with Crippen molar-refractivity contribution in [2.45, 2.75) is 64.0 Å². The molecule has 1 aromatic rings. The molecule has 1 atom stereocenters. The number of aryl methyl sites for hydroxylation is 2. The molecule has 0 spiro atoms. The first-order valence-corrected chi connectivity index (χ1v) is 8.62. The zero-order chi connectivity index (χ0) is 16.4. The summed E-state index contributed by atoms with van der Waals surface area (Å²) in [5.41, 5.74) is 1.24. The summed E-state index contributed by atoms with van der Waals surface area (Å²) in [6.45, 7) is 0.646. The molecule has 0 N–H and O–H groups in total. The topological polar surface area (TPSA) is 60.1 Å². The summed E-state index contributed by atoms with van der Waals surface area (Å²) in [6.07, 6.45) is 9.86. The van der Waals surface area contributed by atoms with Crippen LogP contribution in [0.25, 0.3) is 0 Å². The molecule has 3 rings (SSSR count). The predicted octanol–water partition coefficient (Wildman–Crippen LogP) is 1.64. The Labute approximate surface area is 136 Å². The standard InChI is InChI=1S/C17H26N4O2/c1-19(16(22)12-13-6-4-3-5-7-13)14-8-9-15-18-20(2)17(23)21(15)11-10-14/h6,14H,3-5,7-12H2,1-2H3. The molecule has 0 bridgehead atoms. The van der Waals surface area contributed by atoms with Gasteiger partial charge in [0.25, 0.3) is 0 Å². The Kier molecular flexibility index (Phi) is 4.68. The molecule has 1 aliphatic carbocycles. The minimum Gasteiger partial charge on any atom is -0.342 e. The van der Waals surface area contributed by atoms with Crippen LogP contribution in [-0.4, -0.2) is 38.2 Å². The first kappa shape index (κ1) is 16.0. The van der Waals surface area contributed by atoms with Crippen LogP contribution in [-0.2, 0) is 24.8 Å². The van der Waals surface area contributed by atoms with E-state index in [0.29, 0.717) is 13.0 Å². The van der Waals surface area contributed by atoms with E-state index in [4.69, 9.17) is 0 Å². The molecule has 126 valence electrons. The molecular weight excluding hydrogens is 292 g/mol. The fraction of sp³-hybridized carbons (Fsp3) is 0.706. The average molecular weight is 318 g/mol. The second-order valence-electron chi connectivity index (χ2n) is 6.74. The van der Waals surface area contributed by atoms with Gasteiger partial charge in [-0.05, 0) is 38.5 Å². The van der Waals surface area contributed by atoms with Crippen LogP contribution in [0.4, 0.5) is 0 Å². The molecule has 0 saturated carbocycles. The highest BCUT2D eigenvalue weighted by molar-refractivity contribution is 5.78. The van der Waals surface area contributed by atoms with Gasteiger partial charge in [0.05, 0.1) is 0 Å². The molecule has 1 unspecified atom stereocenters. The van der Waals surface area contributed by atoms with Crippen molar-refractivity contribution in [3.05, 3.63) is 28.0 Å². The van der Waals surface area contributed by atoms with Gasteiger partial charge in [-0.2, -0.15) is 5.10 Å². The largest absolute Gasteiger partial charge is 0.345 e. The number of fused-ring (bicyclic) bond motifs is 1. The highest BCUT2D eigenvalue weighted by atomic mass is 16.2. The van der Waals surface area contributed by atoms with Gasteiger partial charge in [-0.15, -0.1) is 0 Å². The van der Waals surface area contributed by atoms with Crippen molar-refractivity contribution < 1.29 is 4.79 Å². The molecule has 1 aromatic heterocycles. The first-order valence-electron chi connectivity index (χ1n) is 8.62. The highest BCUT2D eigenvalue weighted by Gasteiger charge is 2.25. The van der Waals surface area contributed by atoms with Crippen molar-refractivity contribution in [3.8, 4) is 0 Å². The van der Waals surface area contributed by atoms with E-state index in [2.05, 4.69) is 11.2 Å².